The number of nitrogens with zero attached hydrogens (tertiary/aromatic N) is 1. The molecule has 0 aromatic carbocycles. The number of carbonyl (C=O) groups is 1. The number of rotatable bonds is 3. The van der Waals surface area contributed by atoms with E-state index in [1.165, 1.54) is 11.0 Å². The quantitative estimate of drug-likeness (QED) is 0.604. The molecule has 3 nitrogen and oxygen atoms in total. The molecule has 0 saturated carbocycles. The number of hydrogen-bond donors (Lipinski definition) is 1. The third-order valence-electron chi connectivity index (χ3n) is 1.70. The molecule has 0 atom stereocenters. The number of aryl methyl sites for hydroxylation is 1. The number of thiophene rings is 1. The van der Waals surface area contributed by atoms with Crippen molar-refractivity contribution in [2.75, 3.05) is 0 Å². The van der Waals surface area contributed by atoms with Crippen LogP contribution >= 0.6 is 11.3 Å². The van der Waals surface area contributed by atoms with E-state index in [2.05, 4.69) is 6.92 Å². The lowest BCUT2D eigenvalue weighted by Gasteiger charge is -1.89. The van der Waals surface area contributed by atoms with E-state index in [9.17, 15) is 4.79 Å². The molecular formula is C10H10N2OS. The molecule has 0 aliphatic carbocycles. The molecule has 72 valence electrons. The number of nitriles is 1. The van der Waals surface area contributed by atoms with E-state index in [1.54, 1.807) is 17.4 Å². The Morgan fingerprint density at radius 1 is 1.71 bits per heavy atom. The maximum absolute atomic E-state index is 10.7. The average Bonchev–Trinajstić information content (AvgIpc) is 2.61. The number of carbonyl (C=O) groups excluding carboxylic acids is 1. The van der Waals surface area contributed by atoms with Crippen molar-refractivity contribution in [1.29, 1.82) is 5.26 Å². The number of hydrogen-bond acceptors (Lipinski definition) is 3. The summed E-state index contributed by atoms with van der Waals surface area (Å²) in [6.45, 7) is 2.05. The van der Waals surface area contributed by atoms with Gasteiger partial charge in [0.25, 0.3) is 5.91 Å². The predicted molar refractivity (Wildman–Crippen MR) is 56.5 cm³/mol. The zero-order valence-corrected chi connectivity index (χ0v) is 8.60. The lowest BCUT2D eigenvalue weighted by Crippen LogP contribution is -2.12. The minimum atomic E-state index is -0.682. The van der Waals surface area contributed by atoms with E-state index >= 15 is 0 Å². The van der Waals surface area contributed by atoms with Crippen LogP contribution in [-0.2, 0) is 11.2 Å². The molecule has 1 rings (SSSR count). The summed E-state index contributed by atoms with van der Waals surface area (Å²) >= 11 is 1.56. The fourth-order valence-electron chi connectivity index (χ4n) is 0.963. The summed E-state index contributed by atoms with van der Waals surface area (Å²) in [7, 11) is 0. The van der Waals surface area contributed by atoms with Crippen molar-refractivity contribution in [2.45, 2.75) is 13.3 Å². The van der Waals surface area contributed by atoms with Crippen LogP contribution in [0, 0.1) is 11.3 Å². The van der Waals surface area contributed by atoms with E-state index in [0.717, 1.165) is 11.3 Å². The second-order valence-electron chi connectivity index (χ2n) is 2.69. The Bertz CT molecular complexity index is 412. The first kappa shape index (κ1) is 10.5. The molecule has 1 aromatic heterocycles. The third-order valence-corrected chi connectivity index (χ3v) is 2.88. The van der Waals surface area contributed by atoms with Crippen molar-refractivity contribution in [2.24, 2.45) is 5.73 Å². The van der Waals surface area contributed by atoms with Gasteiger partial charge in [0.05, 0.1) is 0 Å². The van der Waals surface area contributed by atoms with E-state index < -0.39 is 5.91 Å². The van der Waals surface area contributed by atoms with Crippen LogP contribution in [0.4, 0.5) is 0 Å². The van der Waals surface area contributed by atoms with Crippen LogP contribution in [0.5, 0.6) is 0 Å². The van der Waals surface area contributed by atoms with Crippen molar-refractivity contribution < 1.29 is 4.79 Å². The molecule has 1 heterocycles. The van der Waals surface area contributed by atoms with Crippen LogP contribution in [0.2, 0.25) is 0 Å². The van der Waals surface area contributed by atoms with Gasteiger partial charge >= 0.3 is 0 Å². The standard InChI is InChI=1S/C10H10N2OS/c1-2-8-3-4-9(14-8)5-7(6-11)10(12)13/h3-5H,2H2,1H3,(H2,12,13). The van der Waals surface area contributed by atoms with Gasteiger partial charge in [-0.05, 0) is 24.6 Å². The number of amides is 1. The molecule has 2 N–H and O–H groups in total. The highest BCUT2D eigenvalue weighted by molar-refractivity contribution is 7.12. The average molecular weight is 206 g/mol. The van der Waals surface area contributed by atoms with Gasteiger partial charge in [0.1, 0.15) is 11.6 Å². The van der Waals surface area contributed by atoms with Crippen molar-refractivity contribution in [1.82, 2.24) is 0 Å². The molecule has 0 unspecified atom stereocenters. The second kappa shape index (κ2) is 4.58. The van der Waals surface area contributed by atoms with Crippen molar-refractivity contribution >= 4 is 23.3 Å². The summed E-state index contributed by atoms with van der Waals surface area (Å²) in [5.74, 6) is -0.682. The summed E-state index contributed by atoms with van der Waals surface area (Å²) in [5, 5.41) is 8.61. The minimum absolute atomic E-state index is 0.00509. The summed E-state index contributed by atoms with van der Waals surface area (Å²) in [6, 6.07) is 5.63. The monoisotopic (exact) mass is 206 g/mol. The summed E-state index contributed by atoms with van der Waals surface area (Å²) < 4.78 is 0. The highest BCUT2D eigenvalue weighted by Gasteiger charge is 2.04. The molecule has 0 bridgehead atoms. The van der Waals surface area contributed by atoms with Crippen molar-refractivity contribution in [3.63, 3.8) is 0 Å². The first-order valence-corrected chi connectivity index (χ1v) is 4.99. The van der Waals surface area contributed by atoms with Crippen molar-refractivity contribution in [3.05, 3.63) is 27.5 Å². The largest absolute Gasteiger partial charge is 0.365 e. The summed E-state index contributed by atoms with van der Waals surface area (Å²) in [5.41, 5.74) is 5.00. The van der Waals surface area contributed by atoms with Gasteiger partial charge < -0.3 is 5.73 Å². The minimum Gasteiger partial charge on any atom is -0.365 e. The number of primary amides is 1. The Morgan fingerprint density at radius 3 is 2.86 bits per heavy atom. The molecule has 0 saturated heterocycles. The lowest BCUT2D eigenvalue weighted by atomic mass is 10.2. The maximum Gasteiger partial charge on any atom is 0.259 e. The lowest BCUT2D eigenvalue weighted by molar-refractivity contribution is -0.114. The molecule has 14 heavy (non-hydrogen) atoms. The molecular weight excluding hydrogens is 196 g/mol. The Hall–Kier alpha value is -1.60. The first-order valence-electron chi connectivity index (χ1n) is 4.17. The summed E-state index contributed by atoms with van der Waals surface area (Å²) in [4.78, 5) is 12.9. The van der Waals surface area contributed by atoms with Crippen LogP contribution < -0.4 is 5.73 Å². The van der Waals surface area contributed by atoms with Crippen LogP contribution in [0.15, 0.2) is 17.7 Å². The Morgan fingerprint density at radius 2 is 2.43 bits per heavy atom. The molecule has 1 amide bonds. The van der Waals surface area contributed by atoms with Crippen LogP contribution in [-0.4, -0.2) is 5.91 Å². The zero-order chi connectivity index (χ0) is 10.6. The van der Waals surface area contributed by atoms with Crippen molar-refractivity contribution in [3.8, 4) is 6.07 Å². The fraction of sp³-hybridized carbons (Fsp3) is 0.200. The van der Waals surface area contributed by atoms with E-state index in [4.69, 9.17) is 11.0 Å². The van der Waals surface area contributed by atoms with Crippen LogP contribution in [0.1, 0.15) is 16.7 Å². The van der Waals surface area contributed by atoms with Gasteiger partial charge in [0.2, 0.25) is 0 Å². The van der Waals surface area contributed by atoms with Gasteiger partial charge in [-0.15, -0.1) is 11.3 Å². The molecule has 1 aromatic rings. The summed E-state index contributed by atoms with van der Waals surface area (Å²) in [6.07, 6.45) is 2.48. The maximum atomic E-state index is 10.7. The van der Waals surface area contributed by atoms with Gasteiger partial charge in [0, 0.05) is 9.75 Å². The van der Waals surface area contributed by atoms with E-state index in [0.29, 0.717) is 0 Å². The Labute approximate surface area is 86.5 Å². The normalized spacial score (nSPS) is 11.0. The molecule has 0 aliphatic rings. The van der Waals surface area contributed by atoms with Gasteiger partial charge in [-0.2, -0.15) is 5.26 Å². The van der Waals surface area contributed by atoms with Crippen LogP contribution in [0.25, 0.3) is 6.08 Å². The molecule has 4 heteroatoms. The van der Waals surface area contributed by atoms with Gasteiger partial charge in [-0.3, -0.25) is 4.79 Å². The molecule has 0 radical (unpaired) electrons. The Balaban J connectivity index is 2.96. The van der Waals surface area contributed by atoms with Gasteiger partial charge in [0.15, 0.2) is 0 Å². The third kappa shape index (κ3) is 2.44. The molecule has 0 fully saturated rings. The highest BCUT2D eigenvalue weighted by Crippen LogP contribution is 2.19. The first-order chi connectivity index (χ1) is 6.67. The topological polar surface area (TPSA) is 66.9 Å². The smallest absolute Gasteiger partial charge is 0.259 e. The zero-order valence-electron chi connectivity index (χ0n) is 7.78. The van der Waals surface area contributed by atoms with Gasteiger partial charge in [-0.1, -0.05) is 6.92 Å². The molecule has 0 spiro atoms. The second-order valence-corrected chi connectivity index (χ2v) is 3.89. The Kier molecular flexibility index (Phi) is 3.43. The fourth-order valence-corrected chi connectivity index (χ4v) is 1.86. The van der Waals surface area contributed by atoms with E-state index in [1.807, 2.05) is 12.1 Å². The molecule has 0 aliphatic heterocycles. The SMILES string of the molecule is CCc1ccc(C=C(C#N)C(N)=O)s1. The van der Waals surface area contributed by atoms with E-state index in [-0.39, 0.29) is 5.57 Å². The van der Waals surface area contributed by atoms with Gasteiger partial charge in [-0.25, -0.2) is 0 Å². The van der Waals surface area contributed by atoms with Crippen LogP contribution in [0.3, 0.4) is 0 Å². The number of nitrogens with two attached hydrogens (primary N) is 1. The predicted octanol–water partition coefficient (Wildman–Crippen LogP) is 1.70. The highest BCUT2D eigenvalue weighted by atomic mass is 32.1.